The summed E-state index contributed by atoms with van der Waals surface area (Å²) in [5, 5.41) is 3.04. The van der Waals surface area contributed by atoms with Crippen LogP contribution < -0.4 is 5.32 Å². The van der Waals surface area contributed by atoms with Crippen molar-refractivity contribution in [3.63, 3.8) is 0 Å². The average molecular weight is 245 g/mol. The molecule has 1 aromatic carbocycles. The number of allylic oxidation sites excluding steroid dienone is 1. The SMILES string of the molecule is CCCCCCCc1ccc(NC=CC=O)cc1. The summed E-state index contributed by atoms with van der Waals surface area (Å²) in [6.45, 7) is 2.24. The minimum atomic E-state index is 0.762. The maximum Gasteiger partial charge on any atom is 0.144 e. The third-order valence-corrected chi connectivity index (χ3v) is 2.95. The lowest BCUT2D eigenvalue weighted by Gasteiger charge is -2.04. The Morgan fingerprint density at radius 1 is 1.06 bits per heavy atom. The van der Waals surface area contributed by atoms with E-state index >= 15 is 0 Å². The van der Waals surface area contributed by atoms with Crippen LogP contribution in [0.4, 0.5) is 5.69 Å². The van der Waals surface area contributed by atoms with E-state index in [1.165, 1.54) is 43.7 Å². The van der Waals surface area contributed by atoms with Gasteiger partial charge in [-0.2, -0.15) is 0 Å². The number of rotatable bonds is 9. The Balaban J connectivity index is 2.27. The molecule has 0 aliphatic rings. The van der Waals surface area contributed by atoms with Gasteiger partial charge in [0, 0.05) is 11.9 Å². The molecule has 0 spiro atoms. The van der Waals surface area contributed by atoms with E-state index in [0.29, 0.717) is 0 Å². The van der Waals surface area contributed by atoms with Crippen LogP contribution in [0.3, 0.4) is 0 Å². The van der Waals surface area contributed by atoms with E-state index in [9.17, 15) is 4.79 Å². The van der Waals surface area contributed by atoms with Crippen LogP contribution in [0, 0.1) is 0 Å². The molecule has 2 nitrogen and oxygen atoms in total. The fourth-order valence-corrected chi connectivity index (χ4v) is 1.88. The minimum absolute atomic E-state index is 0.762. The Morgan fingerprint density at radius 3 is 2.44 bits per heavy atom. The molecule has 0 radical (unpaired) electrons. The molecule has 0 amide bonds. The van der Waals surface area contributed by atoms with Gasteiger partial charge in [0.05, 0.1) is 0 Å². The van der Waals surface area contributed by atoms with Gasteiger partial charge in [-0.15, -0.1) is 0 Å². The summed E-state index contributed by atoms with van der Waals surface area (Å²) in [6.07, 6.45) is 11.6. The first-order valence-corrected chi connectivity index (χ1v) is 6.82. The van der Waals surface area contributed by atoms with E-state index in [2.05, 4.69) is 36.5 Å². The lowest BCUT2D eigenvalue weighted by atomic mass is 10.1. The quantitative estimate of drug-likeness (QED) is 0.399. The molecule has 1 rings (SSSR count). The Hall–Kier alpha value is -1.57. The molecule has 0 aliphatic heterocycles. The number of nitrogens with one attached hydrogen (secondary N) is 1. The summed E-state index contributed by atoms with van der Waals surface area (Å²) in [7, 11) is 0. The van der Waals surface area contributed by atoms with Gasteiger partial charge in [-0.3, -0.25) is 4.79 Å². The summed E-state index contributed by atoms with van der Waals surface area (Å²) in [4.78, 5) is 10.1. The zero-order valence-electron chi connectivity index (χ0n) is 11.2. The summed E-state index contributed by atoms with van der Waals surface area (Å²) >= 11 is 0. The maximum absolute atomic E-state index is 10.1. The van der Waals surface area contributed by atoms with Crippen LogP contribution in [0.25, 0.3) is 0 Å². The molecule has 0 aromatic heterocycles. The first kappa shape index (κ1) is 14.5. The number of anilines is 1. The zero-order valence-corrected chi connectivity index (χ0v) is 11.2. The predicted octanol–water partition coefficient (Wildman–Crippen LogP) is 4.32. The van der Waals surface area contributed by atoms with Gasteiger partial charge in [0.15, 0.2) is 0 Å². The highest BCUT2D eigenvalue weighted by atomic mass is 16.1. The Morgan fingerprint density at radius 2 is 1.78 bits per heavy atom. The molecule has 0 heterocycles. The van der Waals surface area contributed by atoms with Crippen molar-refractivity contribution >= 4 is 12.0 Å². The molecule has 1 aromatic rings. The highest BCUT2D eigenvalue weighted by molar-refractivity contribution is 5.65. The van der Waals surface area contributed by atoms with Gasteiger partial charge < -0.3 is 5.32 Å². The molecule has 0 saturated carbocycles. The van der Waals surface area contributed by atoms with Crippen LogP contribution in [0.15, 0.2) is 36.5 Å². The van der Waals surface area contributed by atoms with Gasteiger partial charge in [-0.25, -0.2) is 0 Å². The minimum Gasteiger partial charge on any atom is -0.362 e. The van der Waals surface area contributed by atoms with Crippen LogP contribution in [-0.4, -0.2) is 6.29 Å². The zero-order chi connectivity index (χ0) is 13.1. The molecule has 0 atom stereocenters. The van der Waals surface area contributed by atoms with E-state index in [-0.39, 0.29) is 0 Å². The van der Waals surface area contributed by atoms with Crippen molar-refractivity contribution in [1.82, 2.24) is 0 Å². The molecule has 0 bridgehead atoms. The van der Waals surface area contributed by atoms with Crippen molar-refractivity contribution in [2.75, 3.05) is 5.32 Å². The normalized spacial score (nSPS) is 10.7. The second-order valence-electron chi connectivity index (χ2n) is 4.50. The van der Waals surface area contributed by atoms with Gasteiger partial charge in [-0.1, -0.05) is 44.7 Å². The number of unbranched alkanes of at least 4 members (excludes halogenated alkanes) is 4. The van der Waals surface area contributed by atoms with Crippen molar-refractivity contribution in [3.05, 3.63) is 42.1 Å². The van der Waals surface area contributed by atoms with Crippen molar-refractivity contribution in [1.29, 1.82) is 0 Å². The third-order valence-electron chi connectivity index (χ3n) is 2.95. The molecule has 2 heteroatoms. The fraction of sp³-hybridized carbons (Fsp3) is 0.438. The molecule has 18 heavy (non-hydrogen) atoms. The molecule has 98 valence electrons. The topological polar surface area (TPSA) is 29.1 Å². The molecular formula is C16H23NO. The monoisotopic (exact) mass is 245 g/mol. The summed E-state index contributed by atoms with van der Waals surface area (Å²) < 4.78 is 0. The molecule has 0 saturated heterocycles. The van der Waals surface area contributed by atoms with Crippen molar-refractivity contribution < 1.29 is 4.79 Å². The van der Waals surface area contributed by atoms with E-state index < -0.39 is 0 Å². The lowest BCUT2D eigenvalue weighted by molar-refractivity contribution is -0.104. The highest BCUT2D eigenvalue weighted by Gasteiger charge is 1.94. The number of carbonyl (C=O) groups excluding carboxylic acids is 1. The van der Waals surface area contributed by atoms with Crippen LogP contribution in [0.1, 0.15) is 44.6 Å². The number of benzene rings is 1. The van der Waals surface area contributed by atoms with Gasteiger partial charge in [0.1, 0.15) is 6.29 Å². The highest BCUT2D eigenvalue weighted by Crippen LogP contribution is 2.13. The number of aldehydes is 1. The second kappa shape index (κ2) is 9.46. The number of hydrogen-bond acceptors (Lipinski definition) is 2. The Labute approximate surface area is 110 Å². The summed E-state index contributed by atoms with van der Waals surface area (Å²) in [6, 6.07) is 8.40. The Kier molecular flexibility index (Phi) is 7.61. The van der Waals surface area contributed by atoms with E-state index in [1.54, 1.807) is 6.20 Å². The van der Waals surface area contributed by atoms with Crippen LogP contribution in [0.2, 0.25) is 0 Å². The average Bonchev–Trinajstić information content (AvgIpc) is 2.40. The van der Waals surface area contributed by atoms with Crippen molar-refractivity contribution in [2.24, 2.45) is 0 Å². The van der Waals surface area contributed by atoms with Crippen LogP contribution >= 0.6 is 0 Å². The fourth-order valence-electron chi connectivity index (χ4n) is 1.88. The summed E-state index contributed by atoms with van der Waals surface area (Å²) in [5.41, 5.74) is 2.40. The number of carbonyl (C=O) groups is 1. The van der Waals surface area contributed by atoms with Crippen LogP contribution in [-0.2, 0) is 11.2 Å². The van der Waals surface area contributed by atoms with Gasteiger partial charge in [-0.05, 0) is 36.6 Å². The smallest absolute Gasteiger partial charge is 0.144 e. The number of aryl methyl sites for hydroxylation is 1. The summed E-state index contributed by atoms with van der Waals surface area (Å²) in [5.74, 6) is 0. The molecule has 0 fully saturated rings. The predicted molar refractivity (Wildman–Crippen MR) is 77.7 cm³/mol. The van der Waals surface area contributed by atoms with Gasteiger partial charge in [0.25, 0.3) is 0 Å². The largest absolute Gasteiger partial charge is 0.362 e. The van der Waals surface area contributed by atoms with Crippen LogP contribution in [0.5, 0.6) is 0 Å². The molecular weight excluding hydrogens is 222 g/mol. The molecule has 1 N–H and O–H groups in total. The van der Waals surface area contributed by atoms with E-state index in [4.69, 9.17) is 0 Å². The van der Waals surface area contributed by atoms with E-state index in [0.717, 1.165) is 18.4 Å². The van der Waals surface area contributed by atoms with Crippen molar-refractivity contribution in [2.45, 2.75) is 45.4 Å². The van der Waals surface area contributed by atoms with E-state index in [1.807, 2.05) is 0 Å². The molecule has 0 unspecified atom stereocenters. The first-order chi connectivity index (χ1) is 8.86. The van der Waals surface area contributed by atoms with Crippen molar-refractivity contribution in [3.8, 4) is 0 Å². The third kappa shape index (κ3) is 6.24. The standard InChI is InChI=1S/C16H23NO/c1-2-3-4-5-6-8-15-9-11-16(12-10-15)17-13-7-14-18/h7,9-14,17H,2-6,8H2,1H3. The first-order valence-electron chi connectivity index (χ1n) is 6.82. The van der Waals surface area contributed by atoms with Gasteiger partial charge >= 0.3 is 0 Å². The molecule has 0 aliphatic carbocycles. The number of hydrogen-bond donors (Lipinski definition) is 1. The van der Waals surface area contributed by atoms with Gasteiger partial charge in [0.2, 0.25) is 0 Å². The lowest BCUT2D eigenvalue weighted by Crippen LogP contribution is -1.90. The maximum atomic E-state index is 10.1. The second-order valence-corrected chi connectivity index (χ2v) is 4.50. The Bertz CT molecular complexity index is 354.